The maximum atomic E-state index is 13.3. The van der Waals surface area contributed by atoms with E-state index in [1.165, 1.54) is 25.7 Å². The molecule has 5 aliphatic rings. The third kappa shape index (κ3) is 3.76. The van der Waals surface area contributed by atoms with E-state index in [-0.39, 0.29) is 35.9 Å². The number of likely N-dealkylation sites (N-methyl/N-ethyl adjacent to an activating group) is 1. The lowest BCUT2D eigenvalue weighted by atomic mass is 9.79. The highest BCUT2D eigenvalue weighted by molar-refractivity contribution is 5.84. The zero-order chi connectivity index (χ0) is 20.9. The van der Waals surface area contributed by atoms with E-state index in [2.05, 4.69) is 16.2 Å². The molecule has 5 fully saturated rings. The molecule has 0 spiro atoms. The number of nitrogens with zero attached hydrogens (tertiary/aromatic N) is 2. The molecular weight excluding hydrogens is 382 g/mol. The molecule has 6 atom stereocenters. The van der Waals surface area contributed by atoms with Crippen LogP contribution in [-0.4, -0.2) is 83.2 Å². The summed E-state index contributed by atoms with van der Waals surface area (Å²) in [5, 5.41) is 14.1. The highest BCUT2D eigenvalue weighted by atomic mass is 16.3. The molecule has 3 saturated heterocycles. The van der Waals surface area contributed by atoms with Crippen molar-refractivity contribution in [3.63, 3.8) is 0 Å². The number of likely N-dealkylation sites (tertiary alicyclic amines) is 1. The Morgan fingerprint density at radius 1 is 1.10 bits per heavy atom. The van der Waals surface area contributed by atoms with Crippen LogP contribution in [0.15, 0.2) is 0 Å². The van der Waals surface area contributed by atoms with Crippen LogP contribution < -0.4 is 16.2 Å². The van der Waals surface area contributed by atoms with Crippen molar-refractivity contribution in [1.82, 2.24) is 26.0 Å². The lowest BCUT2D eigenvalue weighted by molar-refractivity contribution is -0.141. The Balaban J connectivity index is 1.20. The molecule has 0 bridgehead atoms. The molecule has 2 saturated carbocycles. The van der Waals surface area contributed by atoms with Crippen molar-refractivity contribution < 1.29 is 14.7 Å². The molecule has 30 heavy (non-hydrogen) atoms. The first kappa shape index (κ1) is 20.7. The van der Waals surface area contributed by atoms with Gasteiger partial charge in [0.1, 0.15) is 6.04 Å². The standard InChI is InChI=1S/C22H37N5O3/c1-26(13-22(30)8-4-9-22)21(29)19-15-12-27(10-7-17(15)24-25-19)20(28)18-11-14-5-2-3-6-16(14)23-18/h14-19,23-25,30H,2-13H2,1H3. The summed E-state index contributed by atoms with van der Waals surface area (Å²) in [5.41, 5.74) is 5.77. The molecule has 5 rings (SSSR count). The van der Waals surface area contributed by atoms with Gasteiger partial charge in [-0.15, -0.1) is 0 Å². The number of carbonyl (C=O) groups excluding carboxylic acids is 2. The molecule has 0 radical (unpaired) electrons. The zero-order valence-corrected chi connectivity index (χ0v) is 18.1. The summed E-state index contributed by atoms with van der Waals surface area (Å²) in [4.78, 5) is 30.1. The Labute approximate surface area is 179 Å². The highest BCUT2D eigenvalue weighted by Gasteiger charge is 2.48. The van der Waals surface area contributed by atoms with E-state index in [0.717, 1.165) is 38.6 Å². The summed E-state index contributed by atoms with van der Waals surface area (Å²) in [6, 6.07) is 0.322. The third-order valence-corrected chi connectivity index (χ3v) is 8.44. The maximum absolute atomic E-state index is 13.3. The van der Waals surface area contributed by atoms with Crippen LogP contribution >= 0.6 is 0 Å². The number of aliphatic hydroxyl groups is 1. The van der Waals surface area contributed by atoms with Crippen LogP contribution in [0.3, 0.4) is 0 Å². The number of fused-ring (bicyclic) bond motifs is 2. The second-order valence-corrected chi connectivity index (χ2v) is 10.5. The fourth-order valence-electron chi connectivity index (χ4n) is 6.48. The van der Waals surface area contributed by atoms with Gasteiger partial charge in [-0.05, 0) is 50.9 Å². The van der Waals surface area contributed by atoms with E-state index < -0.39 is 5.60 Å². The van der Waals surface area contributed by atoms with Gasteiger partial charge in [0.2, 0.25) is 11.8 Å². The molecule has 0 aromatic rings. The largest absolute Gasteiger partial charge is 0.388 e. The summed E-state index contributed by atoms with van der Waals surface area (Å²) in [6.07, 6.45) is 9.40. The van der Waals surface area contributed by atoms with Crippen LogP contribution in [0.25, 0.3) is 0 Å². The molecule has 8 heteroatoms. The Bertz CT molecular complexity index is 670. The number of carbonyl (C=O) groups is 2. The van der Waals surface area contributed by atoms with E-state index in [1.807, 2.05) is 4.90 Å². The Hall–Kier alpha value is -1.22. The van der Waals surface area contributed by atoms with Crippen LogP contribution in [0.1, 0.15) is 57.8 Å². The minimum atomic E-state index is -0.713. The van der Waals surface area contributed by atoms with Crippen molar-refractivity contribution in [2.75, 3.05) is 26.7 Å². The van der Waals surface area contributed by atoms with Crippen molar-refractivity contribution in [2.24, 2.45) is 11.8 Å². The van der Waals surface area contributed by atoms with Crippen molar-refractivity contribution in [3.05, 3.63) is 0 Å². The predicted octanol–water partition coefficient (Wildman–Crippen LogP) is -0.0260. The third-order valence-electron chi connectivity index (χ3n) is 8.44. The molecule has 4 N–H and O–H groups in total. The minimum Gasteiger partial charge on any atom is -0.388 e. The molecule has 0 aromatic heterocycles. The van der Waals surface area contributed by atoms with Gasteiger partial charge in [0.05, 0.1) is 11.6 Å². The number of hydrogen-bond acceptors (Lipinski definition) is 6. The number of amides is 2. The van der Waals surface area contributed by atoms with E-state index in [1.54, 1.807) is 11.9 Å². The van der Waals surface area contributed by atoms with Crippen LogP contribution in [0.4, 0.5) is 0 Å². The predicted molar refractivity (Wildman–Crippen MR) is 112 cm³/mol. The van der Waals surface area contributed by atoms with Gasteiger partial charge in [-0.1, -0.05) is 12.8 Å². The SMILES string of the molecule is CN(CC1(O)CCC1)C(=O)C1NNC2CCN(C(=O)C3CC4CCCCC4N3)CC21. The van der Waals surface area contributed by atoms with E-state index in [9.17, 15) is 14.7 Å². The summed E-state index contributed by atoms with van der Waals surface area (Å²) in [7, 11) is 1.78. The van der Waals surface area contributed by atoms with Gasteiger partial charge in [0, 0.05) is 44.7 Å². The lowest BCUT2D eigenvalue weighted by Gasteiger charge is -2.41. The highest BCUT2D eigenvalue weighted by Crippen LogP contribution is 2.35. The molecular formula is C22H37N5O3. The van der Waals surface area contributed by atoms with E-state index in [0.29, 0.717) is 25.0 Å². The number of hydrogen-bond donors (Lipinski definition) is 4. The average molecular weight is 420 g/mol. The van der Waals surface area contributed by atoms with Crippen LogP contribution in [0.5, 0.6) is 0 Å². The van der Waals surface area contributed by atoms with Gasteiger partial charge in [0.25, 0.3) is 0 Å². The molecule has 6 unspecified atom stereocenters. The topological polar surface area (TPSA) is 96.9 Å². The first-order valence-electron chi connectivity index (χ1n) is 12.0. The Kier molecular flexibility index (Phi) is 5.54. The zero-order valence-electron chi connectivity index (χ0n) is 18.1. The minimum absolute atomic E-state index is 0.00892. The first-order chi connectivity index (χ1) is 14.4. The smallest absolute Gasteiger partial charge is 0.241 e. The van der Waals surface area contributed by atoms with Gasteiger partial charge in [0.15, 0.2) is 0 Å². The van der Waals surface area contributed by atoms with Crippen molar-refractivity contribution >= 4 is 11.8 Å². The van der Waals surface area contributed by atoms with Crippen molar-refractivity contribution in [2.45, 2.75) is 87.6 Å². The molecule has 3 heterocycles. The first-order valence-corrected chi connectivity index (χ1v) is 12.0. The second kappa shape index (κ2) is 8.04. The summed E-state index contributed by atoms with van der Waals surface area (Å²) < 4.78 is 0. The fraction of sp³-hybridized carbons (Fsp3) is 0.909. The van der Waals surface area contributed by atoms with Gasteiger partial charge in [-0.3, -0.25) is 15.0 Å². The van der Waals surface area contributed by atoms with Crippen LogP contribution in [-0.2, 0) is 9.59 Å². The molecule has 2 amide bonds. The summed E-state index contributed by atoms with van der Waals surface area (Å²) >= 11 is 0. The van der Waals surface area contributed by atoms with Gasteiger partial charge < -0.3 is 20.2 Å². The molecule has 0 aromatic carbocycles. The Morgan fingerprint density at radius 2 is 1.90 bits per heavy atom. The van der Waals surface area contributed by atoms with Gasteiger partial charge in [-0.25, -0.2) is 5.43 Å². The summed E-state index contributed by atoms with van der Waals surface area (Å²) in [6.45, 7) is 1.75. The molecule has 168 valence electrons. The second-order valence-electron chi connectivity index (χ2n) is 10.5. The number of piperidine rings is 1. The van der Waals surface area contributed by atoms with Gasteiger partial charge >= 0.3 is 0 Å². The quantitative estimate of drug-likeness (QED) is 0.511. The van der Waals surface area contributed by atoms with Crippen LogP contribution in [0, 0.1) is 11.8 Å². The lowest BCUT2D eigenvalue weighted by Crippen LogP contribution is -2.56. The summed E-state index contributed by atoms with van der Waals surface area (Å²) in [5.74, 6) is 0.949. The monoisotopic (exact) mass is 419 g/mol. The molecule has 2 aliphatic carbocycles. The molecule has 3 aliphatic heterocycles. The number of rotatable bonds is 4. The number of nitrogens with one attached hydrogen (secondary N) is 3. The van der Waals surface area contributed by atoms with Crippen molar-refractivity contribution in [1.29, 1.82) is 0 Å². The fourth-order valence-corrected chi connectivity index (χ4v) is 6.48. The van der Waals surface area contributed by atoms with E-state index >= 15 is 0 Å². The normalized spacial score (nSPS) is 39.7. The van der Waals surface area contributed by atoms with Crippen LogP contribution in [0.2, 0.25) is 0 Å². The Morgan fingerprint density at radius 3 is 2.63 bits per heavy atom. The van der Waals surface area contributed by atoms with Crippen molar-refractivity contribution in [3.8, 4) is 0 Å². The van der Waals surface area contributed by atoms with E-state index in [4.69, 9.17) is 0 Å². The average Bonchev–Trinajstić information content (AvgIpc) is 3.35. The number of hydrazine groups is 1. The molecule has 8 nitrogen and oxygen atoms in total. The maximum Gasteiger partial charge on any atom is 0.241 e. The van der Waals surface area contributed by atoms with Gasteiger partial charge in [-0.2, -0.15) is 0 Å².